The summed E-state index contributed by atoms with van der Waals surface area (Å²) in [5, 5.41) is 4.33. The lowest BCUT2D eigenvalue weighted by atomic mass is 9.97. The van der Waals surface area contributed by atoms with E-state index in [1.165, 1.54) is 0 Å². The molecule has 1 aliphatic heterocycles. The van der Waals surface area contributed by atoms with Crippen LogP contribution in [0.5, 0.6) is 5.75 Å². The van der Waals surface area contributed by atoms with E-state index in [-0.39, 0.29) is 19.3 Å². The summed E-state index contributed by atoms with van der Waals surface area (Å²) in [4.78, 5) is 24.5. The van der Waals surface area contributed by atoms with Gasteiger partial charge in [0.2, 0.25) is 0 Å². The third-order valence-electron chi connectivity index (χ3n) is 4.86. The number of esters is 1. The van der Waals surface area contributed by atoms with Crippen LogP contribution < -0.4 is 10.1 Å². The van der Waals surface area contributed by atoms with Gasteiger partial charge in [-0.25, -0.2) is 0 Å². The molecular formula is C22H20ClNO5. The van der Waals surface area contributed by atoms with E-state index in [2.05, 4.69) is 5.32 Å². The van der Waals surface area contributed by atoms with E-state index in [1.807, 2.05) is 37.3 Å². The van der Waals surface area contributed by atoms with Crippen molar-refractivity contribution in [2.24, 2.45) is 5.92 Å². The summed E-state index contributed by atoms with van der Waals surface area (Å²) in [5.41, 5.74) is 1.61. The smallest absolute Gasteiger partial charge is 0.313 e. The summed E-state index contributed by atoms with van der Waals surface area (Å²) in [6, 6.07) is 14.5. The van der Waals surface area contributed by atoms with Gasteiger partial charge in [0.25, 0.3) is 5.91 Å². The quantitative estimate of drug-likeness (QED) is 0.638. The fourth-order valence-corrected chi connectivity index (χ4v) is 3.53. The van der Waals surface area contributed by atoms with Gasteiger partial charge in [-0.05, 0) is 49.2 Å². The van der Waals surface area contributed by atoms with Gasteiger partial charge in [-0.1, -0.05) is 29.8 Å². The highest BCUT2D eigenvalue weighted by Gasteiger charge is 2.28. The molecule has 6 nitrogen and oxygen atoms in total. The Labute approximate surface area is 172 Å². The van der Waals surface area contributed by atoms with Crippen molar-refractivity contribution >= 4 is 34.4 Å². The number of nitrogens with one attached hydrogen (secondary N) is 1. The Morgan fingerprint density at radius 3 is 2.90 bits per heavy atom. The molecule has 2 heterocycles. The predicted octanol–water partition coefficient (Wildman–Crippen LogP) is 4.06. The van der Waals surface area contributed by atoms with Crippen LogP contribution in [-0.4, -0.2) is 25.1 Å². The van der Waals surface area contributed by atoms with Crippen LogP contribution in [0.3, 0.4) is 0 Å². The van der Waals surface area contributed by atoms with Crippen molar-refractivity contribution in [3.05, 3.63) is 64.9 Å². The number of furan rings is 1. The molecular weight excluding hydrogens is 394 g/mol. The maximum absolute atomic E-state index is 12.3. The van der Waals surface area contributed by atoms with Gasteiger partial charge in [0.1, 0.15) is 23.7 Å². The van der Waals surface area contributed by atoms with Gasteiger partial charge < -0.3 is 19.2 Å². The molecule has 0 bridgehead atoms. The summed E-state index contributed by atoms with van der Waals surface area (Å²) >= 11 is 6.00. The number of amides is 1. The molecule has 2 atom stereocenters. The number of fused-ring (bicyclic) bond motifs is 2. The second-order valence-corrected chi connectivity index (χ2v) is 7.48. The number of benzene rings is 2. The van der Waals surface area contributed by atoms with Crippen molar-refractivity contribution in [1.29, 1.82) is 0 Å². The molecule has 0 radical (unpaired) electrons. The summed E-state index contributed by atoms with van der Waals surface area (Å²) in [5.74, 6) is 0.0195. The van der Waals surface area contributed by atoms with E-state index in [0.29, 0.717) is 17.2 Å². The topological polar surface area (TPSA) is 77.8 Å². The minimum absolute atomic E-state index is 0.213. The number of rotatable bonds is 5. The highest BCUT2D eigenvalue weighted by molar-refractivity contribution is 6.30. The van der Waals surface area contributed by atoms with Gasteiger partial charge in [0.15, 0.2) is 6.61 Å². The van der Waals surface area contributed by atoms with Crippen molar-refractivity contribution in [2.75, 3.05) is 13.2 Å². The molecule has 3 aromatic rings. The van der Waals surface area contributed by atoms with E-state index in [4.69, 9.17) is 25.5 Å². The van der Waals surface area contributed by atoms with E-state index < -0.39 is 17.8 Å². The highest BCUT2D eigenvalue weighted by atomic mass is 35.5. The standard InChI is InChI=1S/C22H20ClNO5/c1-13(20-10-14-4-2-3-5-19(14)29-20)24-21(25)12-28-22(26)16-8-15-9-17(23)6-7-18(15)27-11-16/h2-7,9-10,13,16H,8,11-12H2,1H3,(H,24,25)/t13-,16+/m0/s1. The minimum atomic E-state index is -0.471. The lowest BCUT2D eigenvalue weighted by Crippen LogP contribution is -2.34. The molecule has 150 valence electrons. The van der Waals surface area contributed by atoms with Gasteiger partial charge in [0, 0.05) is 10.4 Å². The van der Waals surface area contributed by atoms with Crippen LogP contribution in [0.1, 0.15) is 24.3 Å². The fourth-order valence-electron chi connectivity index (χ4n) is 3.34. The third-order valence-corrected chi connectivity index (χ3v) is 5.09. The Morgan fingerprint density at radius 2 is 2.07 bits per heavy atom. The van der Waals surface area contributed by atoms with Crippen molar-refractivity contribution in [3.8, 4) is 5.75 Å². The zero-order chi connectivity index (χ0) is 20.4. The van der Waals surface area contributed by atoms with E-state index >= 15 is 0 Å². The summed E-state index contributed by atoms with van der Waals surface area (Å²) in [6.07, 6.45) is 0.464. The highest BCUT2D eigenvalue weighted by Crippen LogP contribution is 2.30. The Kier molecular flexibility index (Phi) is 5.45. The number of halogens is 1. The van der Waals surface area contributed by atoms with E-state index in [0.717, 1.165) is 22.3 Å². The summed E-state index contributed by atoms with van der Waals surface area (Å²) in [6.45, 7) is 1.67. The Hall–Kier alpha value is -2.99. The molecule has 0 unspecified atom stereocenters. The van der Waals surface area contributed by atoms with Crippen LogP contribution in [0.25, 0.3) is 11.0 Å². The van der Waals surface area contributed by atoms with Crippen molar-refractivity contribution in [2.45, 2.75) is 19.4 Å². The molecule has 1 amide bonds. The number of carbonyl (C=O) groups is 2. The lowest BCUT2D eigenvalue weighted by Gasteiger charge is -2.24. The van der Waals surface area contributed by atoms with E-state index in [9.17, 15) is 9.59 Å². The number of hydrogen-bond acceptors (Lipinski definition) is 5. The molecule has 0 saturated carbocycles. The maximum Gasteiger partial charge on any atom is 0.313 e. The monoisotopic (exact) mass is 413 g/mol. The number of para-hydroxylation sites is 1. The van der Waals surface area contributed by atoms with E-state index in [1.54, 1.807) is 18.2 Å². The Morgan fingerprint density at radius 1 is 1.24 bits per heavy atom. The normalized spacial score (nSPS) is 16.6. The van der Waals surface area contributed by atoms with Crippen LogP contribution in [0.15, 0.2) is 52.9 Å². The average molecular weight is 414 g/mol. The molecule has 2 aromatic carbocycles. The molecule has 7 heteroatoms. The molecule has 0 fully saturated rings. The molecule has 0 aliphatic carbocycles. The summed E-state index contributed by atoms with van der Waals surface area (Å²) in [7, 11) is 0. The first kappa shape index (κ1) is 19.3. The molecule has 29 heavy (non-hydrogen) atoms. The van der Waals surface area contributed by atoms with Gasteiger partial charge in [0.05, 0.1) is 12.0 Å². The lowest BCUT2D eigenvalue weighted by molar-refractivity contribution is -0.154. The first-order valence-corrected chi connectivity index (χ1v) is 9.73. The van der Waals surface area contributed by atoms with Crippen LogP contribution in [0, 0.1) is 5.92 Å². The second kappa shape index (κ2) is 8.17. The first-order valence-electron chi connectivity index (χ1n) is 9.35. The zero-order valence-corrected chi connectivity index (χ0v) is 16.6. The van der Waals surface area contributed by atoms with Gasteiger partial charge in [-0.2, -0.15) is 0 Å². The summed E-state index contributed by atoms with van der Waals surface area (Å²) < 4.78 is 16.5. The SMILES string of the molecule is C[C@H](NC(=O)COC(=O)[C@H]1COc2ccc(Cl)cc2C1)c1cc2ccccc2o1. The largest absolute Gasteiger partial charge is 0.492 e. The fraction of sp³-hybridized carbons (Fsp3) is 0.273. The second-order valence-electron chi connectivity index (χ2n) is 7.05. The molecule has 1 N–H and O–H groups in total. The van der Waals surface area contributed by atoms with Gasteiger partial charge in [-0.3, -0.25) is 9.59 Å². The molecule has 4 rings (SSSR count). The van der Waals surface area contributed by atoms with Crippen LogP contribution in [0.2, 0.25) is 5.02 Å². The zero-order valence-electron chi connectivity index (χ0n) is 15.8. The first-order chi connectivity index (χ1) is 14.0. The predicted molar refractivity (Wildman–Crippen MR) is 108 cm³/mol. The average Bonchev–Trinajstić information content (AvgIpc) is 3.16. The van der Waals surface area contributed by atoms with Crippen molar-refractivity contribution in [1.82, 2.24) is 5.32 Å². The molecule has 1 aliphatic rings. The van der Waals surface area contributed by atoms with Crippen molar-refractivity contribution < 1.29 is 23.5 Å². The maximum atomic E-state index is 12.3. The van der Waals surface area contributed by atoms with Crippen LogP contribution in [0.4, 0.5) is 0 Å². The van der Waals surface area contributed by atoms with Crippen LogP contribution >= 0.6 is 11.6 Å². The van der Waals surface area contributed by atoms with Gasteiger partial charge in [-0.15, -0.1) is 0 Å². The molecule has 1 aromatic heterocycles. The number of carbonyl (C=O) groups excluding carboxylic acids is 2. The molecule has 0 spiro atoms. The Balaban J connectivity index is 1.29. The minimum Gasteiger partial charge on any atom is -0.492 e. The van der Waals surface area contributed by atoms with Crippen molar-refractivity contribution in [3.63, 3.8) is 0 Å². The third kappa shape index (κ3) is 4.38. The van der Waals surface area contributed by atoms with Crippen LogP contribution in [-0.2, 0) is 20.7 Å². The number of ether oxygens (including phenoxy) is 2. The number of hydrogen-bond donors (Lipinski definition) is 1. The molecule has 0 saturated heterocycles. The van der Waals surface area contributed by atoms with Gasteiger partial charge >= 0.3 is 5.97 Å². The Bertz CT molecular complexity index is 1030.